The van der Waals surface area contributed by atoms with E-state index in [1.54, 1.807) is 12.1 Å². The molecule has 1 amide bonds. The smallest absolute Gasteiger partial charge is 0.306 e. The van der Waals surface area contributed by atoms with Crippen LogP contribution in [0.15, 0.2) is 72.8 Å². The molecule has 0 fully saturated rings. The van der Waals surface area contributed by atoms with Crippen molar-refractivity contribution in [3.8, 4) is 22.6 Å². The van der Waals surface area contributed by atoms with E-state index < -0.39 is 10.1 Å². The minimum Gasteiger partial charge on any atom is -0.488 e. The standard InChI is InChI=1S/C30H36N2O5S/c1-3-19-32(27-21-26-12-9-13-28(29(26)36-22-27)37-38(2,34)35)20-8-7-18-31-30(33)25-16-14-24(15-17-25)23-10-5-4-6-11-23/h4-6,9-17,27H,3,7-8,18-22H2,1-2H3,(H,31,33)/t27-/m1/s1. The summed E-state index contributed by atoms with van der Waals surface area (Å²) in [6, 6.07) is 23.4. The van der Waals surface area contributed by atoms with Crippen LogP contribution < -0.4 is 14.2 Å². The number of carbonyl (C=O) groups excluding carboxylic acids is 1. The van der Waals surface area contributed by atoms with E-state index in [1.807, 2.05) is 48.5 Å². The highest BCUT2D eigenvalue weighted by molar-refractivity contribution is 7.86. The van der Waals surface area contributed by atoms with E-state index in [1.165, 1.54) is 0 Å². The van der Waals surface area contributed by atoms with Crippen molar-refractivity contribution in [3.05, 3.63) is 83.9 Å². The van der Waals surface area contributed by atoms with Crippen LogP contribution in [0.2, 0.25) is 0 Å². The van der Waals surface area contributed by atoms with Crippen molar-refractivity contribution in [1.82, 2.24) is 10.2 Å². The van der Waals surface area contributed by atoms with Gasteiger partial charge in [0.05, 0.1) is 6.26 Å². The van der Waals surface area contributed by atoms with Gasteiger partial charge >= 0.3 is 10.1 Å². The maximum atomic E-state index is 12.6. The Morgan fingerprint density at radius 3 is 2.42 bits per heavy atom. The zero-order chi connectivity index (χ0) is 27.0. The van der Waals surface area contributed by atoms with Crippen LogP contribution in [-0.2, 0) is 16.5 Å². The number of carbonyl (C=O) groups is 1. The second-order valence-electron chi connectivity index (χ2n) is 9.64. The minimum absolute atomic E-state index is 0.0561. The molecule has 0 aromatic heterocycles. The Labute approximate surface area is 225 Å². The number of nitrogens with one attached hydrogen (secondary N) is 1. The van der Waals surface area contributed by atoms with Gasteiger partial charge in [0.1, 0.15) is 6.61 Å². The number of para-hydroxylation sites is 1. The number of rotatable bonds is 12. The molecular formula is C30H36N2O5S. The molecule has 38 heavy (non-hydrogen) atoms. The summed E-state index contributed by atoms with van der Waals surface area (Å²) in [5.74, 6) is 0.709. The van der Waals surface area contributed by atoms with E-state index in [0.717, 1.165) is 61.7 Å². The van der Waals surface area contributed by atoms with Crippen LogP contribution >= 0.6 is 0 Å². The fourth-order valence-corrected chi connectivity index (χ4v) is 5.25. The molecule has 0 bridgehead atoms. The zero-order valence-corrected chi connectivity index (χ0v) is 22.9. The quantitative estimate of drug-likeness (QED) is 0.261. The lowest BCUT2D eigenvalue weighted by atomic mass is 10.0. The maximum Gasteiger partial charge on any atom is 0.306 e. The Hall–Kier alpha value is -3.36. The lowest BCUT2D eigenvalue weighted by molar-refractivity contribution is 0.0950. The number of benzene rings is 3. The van der Waals surface area contributed by atoms with Crippen LogP contribution in [0.3, 0.4) is 0 Å². The topological polar surface area (TPSA) is 84.9 Å². The van der Waals surface area contributed by atoms with Crippen molar-refractivity contribution in [1.29, 1.82) is 0 Å². The Morgan fingerprint density at radius 2 is 1.71 bits per heavy atom. The molecule has 1 N–H and O–H groups in total. The van der Waals surface area contributed by atoms with E-state index in [2.05, 4.69) is 29.3 Å². The first-order valence-corrected chi connectivity index (χ1v) is 15.0. The van der Waals surface area contributed by atoms with E-state index in [9.17, 15) is 13.2 Å². The Morgan fingerprint density at radius 1 is 0.974 bits per heavy atom. The first kappa shape index (κ1) is 27.7. The highest BCUT2D eigenvalue weighted by Gasteiger charge is 2.27. The summed E-state index contributed by atoms with van der Waals surface area (Å²) in [4.78, 5) is 15.0. The van der Waals surface area contributed by atoms with Crippen LogP contribution in [0.25, 0.3) is 11.1 Å². The monoisotopic (exact) mass is 536 g/mol. The van der Waals surface area contributed by atoms with Gasteiger partial charge in [0.2, 0.25) is 0 Å². The molecule has 0 unspecified atom stereocenters. The van der Waals surface area contributed by atoms with Gasteiger partial charge in [-0.3, -0.25) is 9.69 Å². The van der Waals surface area contributed by atoms with Gasteiger partial charge in [-0.1, -0.05) is 61.5 Å². The van der Waals surface area contributed by atoms with Crippen molar-refractivity contribution in [2.75, 3.05) is 32.5 Å². The minimum atomic E-state index is -3.62. The largest absolute Gasteiger partial charge is 0.488 e. The summed E-state index contributed by atoms with van der Waals surface area (Å²) in [5.41, 5.74) is 3.83. The van der Waals surface area contributed by atoms with Crippen LogP contribution in [0.1, 0.15) is 42.1 Å². The van der Waals surface area contributed by atoms with Gasteiger partial charge in [-0.05, 0) is 73.7 Å². The van der Waals surface area contributed by atoms with E-state index >= 15 is 0 Å². The molecule has 0 aliphatic carbocycles. The average Bonchev–Trinajstić information content (AvgIpc) is 2.92. The maximum absolute atomic E-state index is 12.6. The molecule has 0 spiro atoms. The highest BCUT2D eigenvalue weighted by atomic mass is 32.2. The fraction of sp³-hybridized carbons (Fsp3) is 0.367. The molecule has 1 atom stereocenters. The summed E-state index contributed by atoms with van der Waals surface area (Å²) < 4.78 is 34.3. The Balaban J connectivity index is 1.24. The Bertz CT molecular complexity index is 1310. The van der Waals surface area contributed by atoms with Crippen molar-refractivity contribution >= 4 is 16.0 Å². The molecular weight excluding hydrogens is 500 g/mol. The van der Waals surface area contributed by atoms with Crippen molar-refractivity contribution < 1.29 is 22.1 Å². The van der Waals surface area contributed by atoms with Crippen LogP contribution in [0.5, 0.6) is 11.5 Å². The molecule has 4 rings (SSSR count). The molecule has 1 aliphatic heterocycles. The van der Waals surface area contributed by atoms with Crippen molar-refractivity contribution in [3.63, 3.8) is 0 Å². The summed E-state index contributed by atoms with van der Waals surface area (Å²) in [6.07, 6.45) is 4.66. The van der Waals surface area contributed by atoms with E-state index in [0.29, 0.717) is 24.5 Å². The van der Waals surface area contributed by atoms with Crippen LogP contribution in [0.4, 0.5) is 0 Å². The lowest BCUT2D eigenvalue weighted by Crippen LogP contribution is -2.44. The second kappa shape index (κ2) is 12.9. The van der Waals surface area contributed by atoms with Gasteiger partial charge in [0.25, 0.3) is 5.91 Å². The van der Waals surface area contributed by atoms with Crippen molar-refractivity contribution in [2.24, 2.45) is 0 Å². The molecule has 3 aromatic rings. The van der Waals surface area contributed by atoms with Gasteiger partial charge in [-0.2, -0.15) is 8.42 Å². The molecule has 202 valence electrons. The molecule has 0 saturated heterocycles. The van der Waals surface area contributed by atoms with Crippen LogP contribution in [-0.4, -0.2) is 57.8 Å². The van der Waals surface area contributed by atoms with Crippen molar-refractivity contribution in [2.45, 2.75) is 38.6 Å². The van der Waals surface area contributed by atoms with E-state index in [-0.39, 0.29) is 17.7 Å². The number of ether oxygens (including phenoxy) is 1. The highest BCUT2D eigenvalue weighted by Crippen LogP contribution is 2.36. The summed E-state index contributed by atoms with van der Waals surface area (Å²) in [7, 11) is -3.62. The van der Waals surface area contributed by atoms with Crippen LogP contribution in [0, 0.1) is 0 Å². The number of hydrogen-bond donors (Lipinski definition) is 1. The van der Waals surface area contributed by atoms with Gasteiger partial charge < -0.3 is 14.2 Å². The van der Waals surface area contributed by atoms with Gasteiger partial charge in [-0.15, -0.1) is 0 Å². The molecule has 7 nitrogen and oxygen atoms in total. The first-order chi connectivity index (χ1) is 18.3. The molecule has 8 heteroatoms. The van der Waals surface area contributed by atoms with Gasteiger partial charge in [0.15, 0.2) is 11.5 Å². The Kier molecular flexibility index (Phi) is 9.42. The molecule has 1 heterocycles. The first-order valence-electron chi connectivity index (χ1n) is 13.2. The average molecular weight is 537 g/mol. The summed E-state index contributed by atoms with van der Waals surface area (Å²) in [6.45, 7) is 5.11. The third-order valence-corrected chi connectivity index (χ3v) is 7.10. The molecule has 3 aromatic carbocycles. The van der Waals surface area contributed by atoms with E-state index in [4.69, 9.17) is 8.92 Å². The zero-order valence-electron chi connectivity index (χ0n) is 22.1. The number of hydrogen-bond acceptors (Lipinski definition) is 6. The lowest BCUT2D eigenvalue weighted by Gasteiger charge is -2.35. The number of fused-ring (bicyclic) bond motifs is 1. The second-order valence-corrected chi connectivity index (χ2v) is 11.2. The third-order valence-electron chi connectivity index (χ3n) is 6.62. The third kappa shape index (κ3) is 7.58. The number of amides is 1. The fourth-order valence-electron chi connectivity index (χ4n) is 4.79. The summed E-state index contributed by atoms with van der Waals surface area (Å²) >= 11 is 0. The predicted octanol–water partition coefficient (Wildman–Crippen LogP) is 4.92. The molecule has 0 radical (unpaired) electrons. The van der Waals surface area contributed by atoms with Gasteiger partial charge in [0, 0.05) is 18.2 Å². The number of unbranched alkanes of at least 4 members (excludes halogenated alkanes) is 1. The normalized spacial score (nSPS) is 15.0. The number of nitrogens with zero attached hydrogens (tertiary/aromatic N) is 1. The SMILES string of the molecule is CCCN(CCCCNC(=O)c1ccc(-c2ccccc2)cc1)[C@H]1COc2c(cccc2OS(C)(=O)=O)C1. The molecule has 1 aliphatic rings. The summed E-state index contributed by atoms with van der Waals surface area (Å²) in [5, 5.41) is 3.04. The molecule has 0 saturated carbocycles. The predicted molar refractivity (Wildman–Crippen MR) is 150 cm³/mol. The van der Waals surface area contributed by atoms with Gasteiger partial charge in [-0.25, -0.2) is 0 Å².